The highest BCUT2D eigenvalue weighted by Crippen LogP contribution is 2.62. The minimum Gasteiger partial charge on any atom is -0.480 e. The van der Waals surface area contributed by atoms with Gasteiger partial charge in [0.1, 0.15) is 11.6 Å². The Labute approximate surface area is 86.7 Å². The van der Waals surface area contributed by atoms with Crippen molar-refractivity contribution in [2.75, 3.05) is 0 Å². The number of aliphatic carboxylic acids is 1. The first-order valence-electron chi connectivity index (χ1n) is 4.23. The van der Waals surface area contributed by atoms with Crippen LogP contribution >= 0.6 is 0 Å². The van der Waals surface area contributed by atoms with Crippen molar-refractivity contribution in [1.29, 1.82) is 0 Å². The lowest BCUT2D eigenvalue weighted by molar-refractivity contribution is -0.143. The SMILES string of the molecule is O=C(O)C1(c2c(F)cncc2F)CC1(F)F. The molecule has 0 amide bonds. The van der Waals surface area contributed by atoms with Crippen LogP contribution in [0.4, 0.5) is 17.6 Å². The van der Waals surface area contributed by atoms with E-state index in [0.717, 1.165) is 0 Å². The van der Waals surface area contributed by atoms with Crippen molar-refractivity contribution in [3.63, 3.8) is 0 Å². The Morgan fingerprint density at radius 2 is 1.75 bits per heavy atom. The van der Waals surface area contributed by atoms with Crippen LogP contribution in [0, 0.1) is 11.6 Å². The molecular weight excluding hydrogens is 230 g/mol. The zero-order chi connectivity index (χ0) is 12.1. The fraction of sp³-hybridized carbons (Fsp3) is 0.333. The third kappa shape index (κ3) is 1.14. The molecule has 2 rings (SSSR count). The Hall–Kier alpha value is -1.66. The van der Waals surface area contributed by atoms with E-state index in [1.165, 1.54) is 0 Å². The van der Waals surface area contributed by atoms with Crippen molar-refractivity contribution >= 4 is 5.97 Å². The first kappa shape index (κ1) is 10.8. The van der Waals surface area contributed by atoms with Crippen LogP contribution in [0.25, 0.3) is 0 Å². The highest BCUT2D eigenvalue weighted by molar-refractivity contribution is 5.87. The Kier molecular flexibility index (Phi) is 1.98. The molecule has 1 aliphatic rings. The molecule has 86 valence electrons. The number of carboxylic acid groups (broad SMARTS) is 1. The zero-order valence-corrected chi connectivity index (χ0v) is 7.68. The summed E-state index contributed by atoms with van der Waals surface area (Å²) < 4.78 is 52.4. The second-order valence-electron chi connectivity index (χ2n) is 3.57. The van der Waals surface area contributed by atoms with Gasteiger partial charge in [-0.2, -0.15) is 0 Å². The number of nitrogens with zero attached hydrogens (tertiary/aromatic N) is 1. The lowest BCUT2D eigenvalue weighted by Crippen LogP contribution is -2.29. The predicted molar refractivity (Wildman–Crippen MR) is 43.0 cm³/mol. The van der Waals surface area contributed by atoms with Crippen LogP contribution in [0.1, 0.15) is 12.0 Å². The van der Waals surface area contributed by atoms with E-state index in [9.17, 15) is 22.4 Å². The molecule has 1 atom stereocenters. The van der Waals surface area contributed by atoms with Crippen LogP contribution < -0.4 is 0 Å². The topological polar surface area (TPSA) is 50.2 Å². The van der Waals surface area contributed by atoms with Crippen LogP contribution in [0.3, 0.4) is 0 Å². The Balaban J connectivity index is 2.64. The number of hydrogen-bond donors (Lipinski definition) is 1. The number of carboxylic acids is 1. The maximum Gasteiger partial charge on any atom is 0.320 e. The summed E-state index contributed by atoms with van der Waals surface area (Å²) in [6.07, 6.45) is -0.0812. The highest BCUT2D eigenvalue weighted by atomic mass is 19.3. The maximum absolute atomic E-state index is 13.2. The highest BCUT2D eigenvalue weighted by Gasteiger charge is 2.79. The summed E-state index contributed by atoms with van der Waals surface area (Å²) >= 11 is 0. The molecule has 1 saturated carbocycles. The molecule has 0 spiro atoms. The minimum atomic E-state index is -3.64. The van der Waals surface area contributed by atoms with Crippen molar-refractivity contribution in [2.24, 2.45) is 0 Å². The molecule has 1 aromatic rings. The Bertz CT molecular complexity index is 456. The number of alkyl halides is 2. The van der Waals surface area contributed by atoms with Crippen molar-refractivity contribution in [2.45, 2.75) is 17.8 Å². The molecule has 1 N–H and O–H groups in total. The van der Waals surface area contributed by atoms with E-state index >= 15 is 0 Å². The van der Waals surface area contributed by atoms with E-state index in [0.29, 0.717) is 12.4 Å². The molecule has 0 aromatic carbocycles. The van der Waals surface area contributed by atoms with E-state index < -0.39 is 40.9 Å². The molecule has 1 aliphatic carbocycles. The fourth-order valence-electron chi connectivity index (χ4n) is 1.72. The molecular formula is C9H5F4NO2. The molecule has 1 fully saturated rings. The number of hydrogen-bond acceptors (Lipinski definition) is 2. The lowest BCUT2D eigenvalue weighted by Gasteiger charge is -2.12. The van der Waals surface area contributed by atoms with Crippen molar-refractivity contribution in [3.8, 4) is 0 Å². The van der Waals surface area contributed by atoms with Gasteiger partial charge in [0.2, 0.25) is 0 Å². The number of halogens is 4. The third-order valence-electron chi connectivity index (χ3n) is 2.63. The summed E-state index contributed by atoms with van der Waals surface area (Å²) in [7, 11) is 0. The third-order valence-corrected chi connectivity index (χ3v) is 2.63. The first-order chi connectivity index (χ1) is 7.33. The summed E-state index contributed by atoms with van der Waals surface area (Å²) in [6.45, 7) is 0. The first-order valence-corrected chi connectivity index (χ1v) is 4.23. The van der Waals surface area contributed by atoms with Crippen LogP contribution in [-0.4, -0.2) is 22.0 Å². The summed E-state index contributed by atoms with van der Waals surface area (Å²) in [5.74, 6) is -8.33. The second-order valence-corrected chi connectivity index (χ2v) is 3.57. The molecule has 7 heteroatoms. The molecule has 1 heterocycles. The van der Waals surface area contributed by atoms with E-state index in [-0.39, 0.29) is 0 Å². The van der Waals surface area contributed by atoms with Gasteiger partial charge in [-0.3, -0.25) is 9.78 Å². The standard InChI is InChI=1S/C9H5F4NO2/c10-4-1-14-2-5(11)6(4)8(7(15)16)3-9(8,12)13/h1-2H,3H2,(H,15,16). The second kappa shape index (κ2) is 2.93. The van der Waals surface area contributed by atoms with Gasteiger partial charge >= 0.3 is 5.97 Å². The van der Waals surface area contributed by atoms with E-state index in [4.69, 9.17) is 5.11 Å². The van der Waals surface area contributed by atoms with Gasteiger partial charge in [-0.25, -0.2) is 17.6 Å². The smallest absolute Gasteiger partial charge is 0.320 e. The van der Waals surface area contributed by atoms with Crippen LogP contribution in [0.5, 0.6) is 0 Å². The van der Waals surface area contributed by atoms with Gasteiger partial charge < -0.3 is 5.11 Å². The average Bonchev–Trinajstić information content (AvgIpc) is 2.70. The van der Waals surface area contributed by atoms with Gasteiger partial charge in [0, 0.05) is 6.42 Å². The summed E-state index contributed by atoms with van der Waals surface area (Å²) in [5.41, 5.74) is -3.91. The normalized spacial score (nSPS) is 26.5. The van der Waals surface area contributed by atoms with E-state index in [1.807, 2.05) is 0 Å². The Morgan fingerprint density at radius 3 is 2.06 bits per heavy atom. The predicted octanol–water partition coefficient (Wildman–Crippen LogP) is 1.72. The summed E-state index contributed by atoms with van der Waals surface area (Å²) in [4.78, 5) is 13.9. The molecule has 3 nitrogen and oxygen atoms in total. The molecule has 1 unspecified atom stereocenters. The summed E-state index contributed by atoms with van der Waals surface area (Å²) in [6, 6.07) is 0. The number of pyridine rings is 1. The van der Waals surface area contributed by atoms with Crippen LogP contribution in [0.2, 0.25) is 0 Å². The minimum absolute atomic E-state index is 0.511. The number of aromatic nitrogens is 1. The number of rotatable bonds is 2. The van der Waals surface area contributed by atoms with Gasteiger partial charge in [0.15, 0.2) is 5.41 Å². The quantitative estimate of drug-likeness (QED) is 0.794. The van der Waals surface area contributed by atoms with Gasteiger partial charge in [0.05, 0.1) is 18.0 Å². The van der Waals surface area contributed by atoms with Gasteiger partial charge in [-0.15, -0.1) is 0 Å². The monoisotopic (exact) mass is 235 g/mol. The molecule has 1 aromatic heterocycles. The molecule has 16 heavy (non-hydrogen) atoms. The van der Waals surface area contributed by atoms with Crippen molar-refractivity contribution in [1.82, 2.24) is 4.98 Å². The van der Waals surface area contributed by atoms with E-state index in [1.54, 1.807) is 0 Å². The van der Waals surface area contributed by atoms with Crippen molar-refractivity contribution < 1.29 is 27.5 Å². The molecule has 0 saturated heterocycles. The van der Waals surface area contributed by atoms with Gasteiger partial charge in [-0.05, 0) is 0 Å². The van der Waals surface area contributed by atoms with Crippen LogP contribution in [0.15, 0.2) is 12.4 Å². The van der Waals surface area contributed by atoms with Crippen LogP contribution in [-0.2, 0) is 10.2 Å². The lowest BCUT2D eigenvalue weighted by atomic mass is 9.95. The fourth-order valence-corrected chi connectivity index (χ4v) is 1.72. The maximum atomic E-state index is 13.2. The van der Waals surface area contributed by atoms with Crippen molar-refractivity contribution in [3.05, 3.63) is 29.6 Å². The summed E-state index contributed by atoms with van der Waals surface area (Å²) in [5, 5.41) is 8.71. The van der Waals surface area contributed by atoms with E-state index in [2.05, 4.69) is 4.98 Å². The average molecular weight is 235 g/mol. The number of carbonyl (C=O) groups is 1. The van der Waals surface area contributed by atoms with Gasteiger partial charge in [0.25, 0.3) is 5.92 Å². The zero-order valence-electron chi connectivity index (χ0n) is 7.68. The molecule has 0 bridgehead atoms. The Morgan fingerprint density at radius 1 is 1.31 bits per heavy atom. The largest absolute Gasteiger partial charge is 0.480 e. The molecule has 0 radical (unpaired) electrons. The molecule has 0 aliphatic heterocycles. The van der Waals surface area contributed by atoms with Gasteiger partial charge in [-0.1, -0.05) is 0 Å².